The molecule has 0 N–H and O–H groups in total. The van der Waals surface area contributed by atoms with Crippen LogP contribution in [0.4, 0.5) is 0 Å². The number of fused-ring (bicyclic) bond motifs is 1. The molecule has 0 aliphatic carbocycles. The molecule has 2 aromatic heterocycles. The molecule has 3 heterocycles. The number of nitriles is 2. The number of aromatic nitrogens is 2. The van der Waals surface area contributed by atoms with E-state index in [4.69, 9.17) is 9.68 Å². The molecule has 8 nitrogen and oxygen atoms in total. The number of carbonyl (C=O) groups is 2. The molecule has 0 saturated heterocycles. The highest BCUT2D eigenvalue weighted by Gasteiger charge is 2.35. The van der Waals surface area contributed by atoms with Gasteiger partial charge >= 0.3 is 0 Å². The molecule has 0 fully saturated rings. The van der Waals surface area contributed by atoms with E-state index in [-0.39, 0.29) is 17.7 Å². The van der Waals surface area contributed by atoms with E-state index in [2.05, 4.69) is 11.1 Å². The number of carbonyl (C=O) groups excluding carboxylic acids is 2. The predicted octanol–water partition coefficient (Wildman–Crippen LogP) is 4.77. The Morgan fingerprint density at radius 3 is 2.36 bits per heavy atom. The number of benzene rings is 2. The van der Waals surface area contributed by atoms with E-state index >= 15 is 0 Å². The number of amides is 2. The highest BCUT2D eigenvalue weighted by molar-refractivity contribution is 6.19. The monoisotopic (exact) mass is 473 g/mol. The maximum atomic E-state index is 13.1. The third-order valence-electron chi connectivity index (χ3n) is 6.11. The molecule has 2 aromatic carbocycles. The van der Waals surface area contributed by atoms with Gasteiger partial charge in [-0.1, -0.05) is 18.2 Å². The van der Waals surface area contributed by atoms with Gasteiger partial charge in [-0.05, 0) is 61.9 Å². The zero-order chi connectivity index (χ0) is 25.4. The van der Waals surface area contributed by atoms with Crippen LogP contribution in [0.1, 0.15) is 25.2 Å². The Bertz CT molecular complexity index is 1670. The Balaban J connectivity index is 1.71. The standard InChI is InChI=1S/C28H19N5O3/c1-3-32-27(34)21(17(2)22(16-30)28(32)35)13-25-31-26-23(33(25)20-7-5-4-6-8-20)14-24(36-26)19-11-9-18(15-29)10-12-19/h4-14H,3H2,1-2H3/b21-13-. The second-order valence-electron chi connectivity index (χ2n) is 8.16. The number of para-hydroxylation sites is 1. The minimum absolute atomic E-state index is 0.0627. The molecule has 36 heavy (non-hydrogen) atoms. The summed E-state index contributed by atoms with van der Waals surface area (Å²) >= 11 is 0. The lowest BCUT2D eigenvalue weighted by atomic mass is 9.95. The van der Waals surface area contributed by atoms with Gasteiger partial charge in [-0.25, -0.2) is 0 Å². The fraction of sp³-hybridized carbons (Fsp3) is 0.107. The molecule has 0 unspecified atom stereocenters. The minimum atomic E-state index is -0.591. The van der Waals surface area contributed by atoms with Crippen molar-refractivity contribution in [1.29, 1.82) is 10.5 Å². The smallest absolute Gasteiger partial charge is 0.271 e. The van der Waals surface area contributed by atoms with E-state index in [9.17, 15) is 14.9 Å². The molecule has 1 aliphatic rings. The number of rotatable bonds is 4. The van der Waals surface area contributed by atoms with Crippen molar-refractivity contribution in [2.75, 3.05) is 6.54 Å². The van der Waals surface area contributed by atoms with E-state index in [0.29, 0.717) is 34.0 Å². The summed E-state index contributed by atoms with van der Waals surface area (Å²) in [5.41, 5.74) is 3.66. The summed E-state index contributed by atoms with van der Waals surface area (Å²) in [4.78, 5) is 31.4. The normalized spacial score (nSPS) is 15.0. The van der Waals surface area contributed by atoms with Crippen LogP contribution in [0.2, 0.25) is 0 Å². The van der Waals surface area contributed by atoms with Crippen molar-refractivity contribution in [2.24, 2.45) is 0 Å². The number of imidazole rings is 1. The van der Waals surface area contributed by atoms with Gasteiger partial charge in [0.15, 0.2) is 0 Å². The van der Waals surface area contributed by atoms with Crippen molar-refractivity contribution in [2.45, 2.75) is 13.8 Å². The summed E-state index contributed by atoms with van der Waals surface area (Å²) in [6.45, 7) is 3.43. The van der Waals surface area contributed by atoms with Crippen LogP contribution >= 0.6 is 0 Å². The number of hydrogen-bond acceptors (Lipinski definition) is 6. The van der Waals surface area contributed by atoms with Gasteiger partial charge < -0.3 is 4.42 Å². The van der Waals surface area contributed by atoms with Gasteiger partial charge in [0.25, 0.3) is 11.8 Å². The van der Waals surface area contributed by atoms with E-state index in [0.717, 1.165) is 16.2 Å². The number of likely N-dealkylation sites (N-methyl/N-ethyl adjacent to an activating group) is 1. The van der Waals surface area contributed by atoms with Crippen molar-refractivity contribution in [3.63, 3.8) is 0 Å². The summed E-state index contributed by atoms with van der Waals surface area (Å²) in [5.74, 6) is -0.0599. The lowest BCUT2D eigenvalue weighted by molar-refractivity contribution is -0.140. The quantitative estimate of drug-likeness (QED) is 0.311. The predicted molar refractivity (Wildman–Crippen MR) is 132 cm³/mol. The fourth-order valence-electron chi connectivity index (χ4n) is 4.23. The fourth-order valence-corrected chi connectivity index (χ4v) is 4.23. The molecule has 4 aromatic rings. The molecule has 2 amide bonds. The van der Waals surface area contributed by atoms with E-state index in [1.54, 1.807) is 44.2 Å². The Morgan fingerprint density at radius 2 is 1.72 bits per heavy atom. The van der Waals surface area contributed by atoms with Crippen LogP contribution in [0.3, 0.4) is 0 Å². The van der Waals surface area contributed by atoms with Gasteiger partial charge in [0.1, 0.15) is 28.7 Å². The second-order valence-corrected chi connectivity index (χ2v) is 8.16. The van der Waals surface area contributed by atoms with Crippen molar-refractivity contribution in [3.05, 3.63) is 88.8 Å². The zero-order valence-corrected chi connectivity index (χ0v) is 19.5. The van der Waals surface area contributed by atoms with Crippen molar-refractivity contribution < 1.29 is 14.0 Å². The molecular weight excluding hydrogens is 454 g/mol. The summed E-state index contributed by atoms with van der Waals surface area (Å²) in [6, 6.07) is 22.4. The molecule has 0 radical (unpaired) electrons. The largest absolute Gasteiger partial charge is 0.436 e. The van der Waals surface area contributed by atoms with Gasteiger partial charge in [0.05, 0.1) is 11.6 Å². The van der Waals surface area contributed by atoms with Crippen molar-refractivity contribution in [3.8, 4) is 29.1 Å². The van der Waals surface area contributed by atoms with Gasteiger partial charge in [0, 0.05) is 29.4 Å². The molecule has 0 bridgehead atoms. The first kappa shape index (κ1) is 22.6. The third-order valence-corrected chi connectivity index (χ3v) is 6.11. The van der Waals surface area contributed by atoms with Gasteiger partial charge in [0.2, 0.25) is 5.71 Å². The van der Waals surface area contributed by atoms with E-state index < -0.39 is 11.8 Å². The number of nitrogens with zero attached hydrogens (tertiary/aromatic N) is 5. The highest BCUT2D eigenvalue weighted by Crippen LogP contribution is 2.33. The minimum Gasteiger partial charge on any atom is -0.436 e. The van der Waals surface area contributed by atoms with E-state index in [1.807, 2.05) is 47.0 Å². The van der Waals surface area contributed by atoms with Crippen LogP contribution < -0.4 is 0 Å². The van der Waals surface area contributed by atoms with Crippen LogP contribution in [0, 0.1) is 22.7 Å². The summed E-state index contributed by atoms with van der Waals surface area (Å²) in [7, 11) is 0. The summed E-state index contributed by atoms with van der Waals surface area (Å²) in [5, 5.41) is 18.6. The molecule has 8 heteroatoms. The molecule has 5 rings (SSSR count). The average Bonchev–Trinajstić information content (AvgIpc) is 3.45. The van der Waals surface area contributed by atoms with Gasteiger partial charge in [-0.15, -0.1) is 0 Å². The topological polar surface area (TPSA) is 116 Å². The molecule has 1 aliphatic heterocycles. The molecule has 0 atom stereocenters. The Morgan fingerprint density at radius 1 is 1.00 bits per heavy atom. The first-order chi connectivity index (χ1) is 17.5. The maximum absolute atomic E-state index is 13.1. The lowest BCUT2D eigenvalue weighted by Crippen LogP contribution is -2.42. The van der Waals surface area contributed by atoms with Gasteiger partial charge in [-0.3, -0.25) is 19.1 Å². The number of hydrogen-bond donors (Lipinski definition) is 0. The molecule has 0 saturated carbocycles. The number of imide groups is 1. The first-order valence-electron chi connectivity index (χ1n) is 11.2. The van der Waals surface area contributed by atoms with Crippen LogP contribution in [-0.4, -0.2) is 32.8 Å². The van der Waals surface area contributed by atoms with Crippen molar-refractivity contribution in [1.82, 2.24) is 14.5 Å². The Labute approximate surface area is 206 Å². The van der Waals surface area contributed by atoms with Crippen LogP contribution in [-0.2, 0) is 9.59 Å². The highest BCUT2D eigenvalue weighted by atomic mass is 16.3. The van der Waals surface area contributed by atoms with Crippen LogP contribution in [0.5, 0.6) is 0 Å². The second kappa shape index (κ2) is 8.86. The first-order valence-corrected chi connectivity index (χ1v) is 11.2. The Kier molecular flexibility index (Phi) is 5.56. The van der Waals surface area contributed by atoms with Gasteiger partial charge in [-0.2, -0.15) is 15.5 Å². The van der Waals surface area contributed by atoms with E-state index in [1.165, 1.54) is 0 Å². The molecule has 0 spiro atoms. The molecular formula is C28H19N5O3. The zero-order valence-electron chi connectivity index (χ0n) is 19.5. The third kappa shape index (κ3) is 3.58. The summed E-state index contributed by atoms with van der Waals surface area (Å²) < 4.78 is 7.92. The van der Waals surface area contributed by atoms with Crippen LogP contribution in [0.15, 0.2) is 81.8 Å². The Hall–Kier alpha value is -5.21. The molecule has 174 valence electrons. The maximum Gasteiger partial charge on any atom is 0.271 e. The van der Waals surface area contributed by atoms with Crippen LogP contribution in [0.25, 0.3) is 34.3 Å². The van der Waals surface area contributed by atoms with Crippen molar-refractivity contribution >= 4 is 29.1 Å². The average molecular weight is 473 g/mol. The number of furan rings is 1. The summed E-state index contributed by atoms with van der Waals surface area (Å²) in [6.07, 6.45) is 1.59. The lowest BCUT2D eigenvalue weighted by Gasteiger charge is -2.26. The SMILES string of the molecule is CCN1C(=O)C(C#N)=C(C)/C(=C/c2nc3oc(-c4ccc(C#N)cc4)cc3n2-c2ccccc2)C1=O.